The zero-order chi connectivity index (χ0) is 16.8. The van der Waals surface area contributed by atoms with Gasteiger partial charge in [0, 0.05) is 29.9 Å². The van der Waals surface area contributed by atoms with Crippen molar-refractivity contribution >= 4 is 46.9 Å². The van der Waals surface area contributed by atoms with Gasteiger partial charge in [0.25, 0.3) is 0 Å². The quantitative estimate of drug-likeness (QED) is 0.403. The van der Waals surface area contributed by atoms with Gasteiger partial charge in [0.2, 0.25) is 0 Å². The van der Waals surface area contributed by atoms with Crippen LogP contribution in [-0.2, 0) is 18.6 Å². The van der Waals surface area contributed by atoms with Crippen LogP contribution < -0.4 is 4.98 Å². The first-order valence-electron chi connectivity index (χ1n) is 7.42. The maximum atomic E-state index is 10.2. The van der Waals surface area contributed by atoms with E-state index in [1.807, 2.05) is 0 Å². The summed E-state index contributed by atoms with van der Waals surface area (Å²) in [6.07, 6.45) is 6.87. The van der Waals surface area contributed by atoms with Crippen molar-refractivity contribution in [3.8, 4) is 0 Å². The SMILES string of the molecule is On1c2ccc1nc1nc(nc3ccc(nc4nc(n2)C=C4)[n-]3)C=C1.[V]. The fraction of sp³-hybridized carbons (Fsp3) is 0. The molecule has 0 saturated heterocycles. The average molecular weight is 380 g/mol. The molecule has 2 aliphatic rings. The van der Waals surface area contributed by atoms with E-state index in [9.17, 15) is 5.21 Å². The molecule has 8 bridgehead atoms. The Morgan fingerprint density at radius 1 is 0.615 bits per heavy atom. The van der Waals surface area contributed by atoms with Crippen LogP contribution in [0.1, 0.15) is 23.3 Å². The van der Waals surface area contributed by atoms with E-state index >= 15 is 0 Å². The predicted molar refractivity (Wildman–Crippen MR) is 89.8 cm³/mol. The number of hydrogen-bond acceptors (Lipinski definition) is 7. The van der Waals surface area contributed by atoms with Crippen LogP contribution in [0.2, 0.25) is 0 Å². The van der Waals surface area contributed by atoms with Gasteiger partial charge < -0.3 is 20.2 Å². The van der Waals surface area contributed by atoms with Crippen molar-refractivity contribution < 1.29 is 23.8 Å². The minimum Gasteiger partial charge on any atom is -0.425 e. The Bertz CT molecular complexity index is 1130. The molecule has 0 aromatic carbocycles. The Balaban J connectivity index is 0.00000168. The third kappa shape index (κ3) is 2.89. The summed E-state index contributed by atoms with van der Waals surface area (Å²) in [5.41, 5.74) is 1.61. The van der Waals surface area contributed by atoms with E-state index < -0.39 is 0 Å². The molecule has 0 spiro atoms. The smallest absolute Gasteiger partial charge is 0.172 e. The van der Waals surface area contributed by atoms with E-state index in [0.29, 0.717) is 45.9 Å². The topological polar surface area (TPSA) is 117 Å². The molecule has 0 fully saturated rings. The largest absolute Gasteiger partial charge is 0.425 e. The molecule has 5 heterocycles. The van der Waals surface area contributed by atoms with Crippen molar-refractivity contribution in [2.75, 3.05) is 0 Å². The second-order valence-corrected chi connectivity index (χ2v) is 5.29. The summed E-state index contributed by atoms with van der Waals surface area (Å²) < 4.78 is 0.882. The zero-order valence-corrected chi connectivity index (χ0v) is 14.5. The number of rotatable bonds is 0. The van der Waals surface area contributed by atoms with Gasteiger partial charge in [0.1, 0.15) is 0 Å². The summed E-state index contributed by atoms with van der Waals surface area (Å²) in [6, 6.07) is 6.78. The van der Waals surface area contributed by atoms with Crippen molar-refractivity contribution in [2.24, 2.45) is 0 Å². The molecule has 125 valence electrons. The molecule has 0 unspecified atom stereocenters. The van der Waals surface area contributed by atoms with E-state index in [1.54, 1.807) is 48.6 Å². The summed E-state index contributed by atoms with van der Waals surface area (Å²) in [6.45, 7) is 0. The van der Waals surface area contributed by atoms with Crippen LogP contribution >= 0.6 is 0 Å². The van der Waals surface area contributed by atoms with Crippen LogP contribution in [0.15, 0.2) is 24.3 Å². The van der Waals surface area contributed by atoms with E-state index in [0.717, 1.165) is 4.73 Å². The maximum absolute atomic E-state index is 10.2. The van der Waals surface area contributed by atoms with Crippen LogP contribution in [0.5, 0.6) is 0 Å². The van der Waals surface area contributed by atoms with Crippen molar-refractivity contribution in [3.63, 3.8) is 0 Å². The first-order chi connectivity index (χ1) is 12.2. The van der Waals surface area contributed by atoms with Gasteiger partial charge in [-0.05, 0) is 48.6 Å². The number of fused-ring (bicyclic) bond motifs is 8. The summed E-state index contributed by atoms with van der Waals surface area (Å²) >= 11 is 0. The molecule has 3 aromatic heterocycles. The van der Waals surface area contributed by atoms with Gasteiger partial charge >= 0.3 is 0 Å². The Morgan fingerprint density at radius 3 is 1.50 bits per heavy atom. The van der Waals surface area contributed by atoms with Crippen LogP contribution in [0.4, 0.5) is 0 Å². The van der Waals surface area contributed by atoms with Crippen LogP contribution in [-0.4, -0.2) is 39.8 Å². The Morgan fingerprint density at radius 2 is 1.04 bits per heavy atom. The summed E-state index contributed by atoms with van der Waals surface area (Å²) in [5, 5.41) is 10.2. The fourth-order valence-electron chi connectivity index (χ4n) is 2.44. The van der Waals surface area contributed by atoms with Gasteiger partial charge in [0.05, 0.1) is 11.6 Å². The first-order valence-corrected chi connectivity index (χ1v) is 7.42. The zero-order valence-electron chi connectivity index (χ0n) is 13.1. The molecule has 2 aliphatic heterocycles. The molecule has 1 N–H and O–H groups in total. The molecule has 0 atom stereocenters. The van der Waals surface area contributed by atoms with Gasteiger partial charge in [-0.3, -0.25) is 0 Å². The van der Waals surface area contributed by atoms with E-state index in [1.165, 1.54) is 0 Å². The van der Waals surface area contributed by atoms with Crippen molar-refractivity contribution in [1.82, 2.24) is 39.6 Å². The molecule has 1 radical (unpaired) electrons. The summed E-state index contributed by atoms with van der Waals surface area (Å²) in [5.74, 6) is 1.81. The molecular weight excluding hydrogens is 371 g/mol. The van der Waals surface area contributed by atoms with Crippen molar-refractivity contribution in [3.05, 3.63) is 47.6 Å². The second kappa shape index (κ2) is 6.21. The minimum absolute atomic E-state index is 0. The summed E-state index contributed by atoms with van der Waals surface area (Å²) in [4.78, 5) is 30.2. The summed E-state index contributed by atoms with van der Waals surface area (Å²) in [7, 11) is 0. The molecule has 0 saturated carbocycles. The van der Waals surface area contributed by atoms with Crippen LogP contribution in [0.25, 0.3) is 46.9 Å². The molecule has 10 heteroatoms. The fourth-order valence-corrected chi connectivity index (χ4v) is 2.44. The molecule has 9 nitrogen and oxygen atoms in total. The third-order valence-corrected chi connectivity index (χ3v) is 3.56. The second-order valence-electron chi connectivity index (χ2n) is 5.29. The van der Waals surface area contributed by atoms with Crippen molar-refractivity contribution in [1.29, 1.82) is 0 Å². The van der Waals surface area contributed by atoms with Crippen LogP contribution in [0.3, 0.4) is 0 Å². The van der Waals surface area contributed by atoms with E-state index in [2.05, 4.69) is 34.9 Å². The minimum atomic E-state index is 0. The molecule has 5 rings (SSSR count). The van der Waals surface area contributed by atoms with Gasteiger partial charge in [-0.1, -0.05) is 0 Å². The molecular formula is C16H9N8OV-. The maximum Gasteiger partial charge on any atom is 0.172 e. The Hall–Kier alpha value is -3.30. The van der Waals surface area contributed by atoms with E-state index in [-0.39, 0.29) is 18.6 Å². The number of hydrogen-bond donors (Lipinski definition) is 1. The Kier molecular flexibility index (Phi) is 3.87. The van der Waals surface area contributed by atoms with Crippen LogP contribution in [0, 0.1) is 0 Å². The standard InChI is InChI=1S/C16H9N8O.V/c25-24-15-7-8-16(24)23-14-6-4-12(21-14)19-10-2-1-9(17-10)18-11-3-5-13(20-11)22-15;/h1-8,25H;/q-1;. The average Bonchev–Trinajstić information content (AvgIpc) is 3.36. The predicted octanol–water partition coefficient (Wildman–Crippen LogP) is 1.57. The normalized spacial score (nSPS) is 12.2. The third-order valence-electron chi connectivity index (χ3n) is 3.56. The number of nitrogens with zero attached hydrogens (tertiary/aromatic N) is 8. The molecule has 3 aromatic rings. The molecule has 26 heavy (non-hydrogen) atoms. The van der Waals surface area contributed by atoms with E-state index in [4.69, 9.17) is 0 Å². The van der Waals surface area contributed by atoms with Gasteiger partial charge in [-0.2, -0.15) is 4.73 Å². The first kappa shape index (κ1) is 16.2. The Labute approximate surface area is 158 Å². The van der Waals surface area contributed by atoms with Crippen molar-refractivity contribution in [2.45, 2.75) is 0 Å². The van der Waals surface area contributed by atoms with Gasteiger partial charge in [-0.25, -0.2) is 19.9 Å². The van der Waals surface area contributed by atoms with Gasteiger partial charge in [-0.15, -0.1) is 0 Å². The number of aromatic nitrogens is 8. The monoisotopic (exact) mass is 380 g/mol. The molecule has 0 aliphatic carbocycles. The van der Waals surface area contributed by atoms with Gasteiger partial charge in [0.15, 0.2) is 22.9 Å². The molecule has 0 amide bonds.